The summed E-state index contributed by atoms with van der Waals surface area (Å²) >= 11 is 0. The number of aromatic carboxylic acids is 2. The van der Waals surface area contributed by atoms with Crippen LogP contribution in [0.2, 0.25) is 0 Å². The molecule has 0 fully saturated rings. The molecule has 3 rings (SSSR count). The number of carboxylic acid groups (broad SMARTS) is 2. The van der Waals surface area contributed by atoms with Gasteiger partial charge >= 0.3 is 11.9 Å². The fraction of sp³-hybridized carbons (Fsp3) is 0.333. The number of fused-ring (bicyclic) bond motifs is 2. The summed E-state index contributed by atoms with van der Waals surface area (Å²) < 4.78 is 0. The Morgan fingerprint density at radius 3 is 1.39 bits per heavy atom. The van der Waals surface area contributed by atoms with Crippen molar-refractivity contribution in [2.24, 2.45) is 0 Å². The molecule has 2 atom stereocenters. The van der Waals surface area contributed by atoms with Crippen molar-refractivity contribution in [3.63, 3.8) is 0 Å². The van der Waals surface area contributed by atoms with Crippen molar-refractivity contribution < 1.29 is 30.0 Å². The summed E-state index contributed by atoms with van der Waals surface area (Å²) in [5, 5.41) is 37.6. The van der Waals surface area contributed by atoms with Crippen molar-refractivity contribution in [2.75, 3.05) is 0 Å². The van der Waals surface area contributed by atoms with E-state index in [4.69, 9.17) is 10.2 Å². The summed E-state index contributed by atoms with van der Waals surface area (Å²) in [6.45, 7) is 0. The van der Waals surface area contributed by atoms with E-state index in [1.54, 1.807) is 0 Å². The molecule has 0 aliphatic heterocycles. The van der Waals surface area contributed by atoms with Gasteiger partial charge in [0.25, 0.3) is 0 Å². The van der Waals surface area contributed by atoms with Gasteiger partial charge in [-0.05, 0) is 22.3 Å². The smallest absolute Gasteiger partial charge is 0.336 e. The van der Waals surface area contributed by atoms with Crippen LogP contribution >= 0.6 is 0 Å². The normalized spacial score (nSPS) is 23.4. The van der Waals surface area contributed by atoms with Crippen molar-refractivity contribution in [1.29, 1.82) is 0 Å². The van der Waals surface area contributed by atoms with Crippen molar-refractivity contribution in [2.45, 2.75) is 25.0 Å². The first-order valence-corrected chi connectivity index (χ1v) is 5.47. The standard InChI is InChI=1S/C12H10O6/c13-5-1-3-7(5)10(12(17)18)4-2-6(14)8(4)9(3)11(15)16/h5-6,13-14H,1-2H2,(H,15,16)(H,17,18). The minimum Gasteiger partial charge on any atom is -0.478 e. The number of hydrogen-bond acceptors (Lipinski definition) is 4. The zero-order chi connectivity index (χ0) is 13.2. The molecule has 2 unspecified atom stereocenters. The Balaban J connectivity index is 2.37. The number of carboxylic acids is 2. The highest BCUT2D eigenvalue weighted by molar-refractivity contribution is 6.00. The van der Waals surface area contributed by atoms with E-state index in [1.807, 2.05) is 0 Å². The Morgan fingerprint density at radius 1 is 0.833 bits per heavy atom. The summed E-state index contributed by atoms with van der Waals surface area (Å²) in [6, 6.07) is 0. The highest BCUT2D eigenvalue weighted by Gasteiger charge is 2.44. The maximum Gasteiger partial charge on any atom is 0.336 e. The van der Waals surface area contributed by atoms with Crippen LogP contribution in [-0.2, 0) is 12.8 Å². The zero-order valence-corrected chi connectivity index (χ0v) is 9.17. The highest BCUT2D eigenvalue weighted by atomic mass is 16.4. The summed E-state index contributed by atoms with van der Waals surface area (Å²) in [6.07, 6.45) is -1.60. The summed E-state index contributed by atoms with van der Waals surface area (Å²) in [5.74, 6) is -2.38. The molecule has 94 valence electrons. The number of benzene rings is 1. The molecule has 0 spiro atoms. The molecular weight excluding hydrogens is 240 g/mol. The van der Waals surface area contributed by atoms with E-state index in [9.17, 15) is 19.8 Å². The lowest BCUT2D eigenvalue weighted by molar-refractivity contribution is 0.0641. The lowest BCUT2D eigenvalue weighted by Gasteiger charge is -2.38. The van der Waals surface area contributed by atoms with Gasteiger partial charge in [0.1, 0.15) is 0 Å². The quantitative estimate of drug-likeness (QED) is 0.598. The van der Waals surface area contributed by atoms with Gasteiger partial charge < -0.3 is 20.4 Å². The van der Waals surface area contributed by atoms with Gasteiger partial charge in [-0.1, -0.05) is 0 Å². The van der Waals surface area contributed by atoms with Gasteiger partial charge in [-0.2, -0.15) is 0 Å². The molecule has 0 bridgehead atoms. The molecule has 1 aromatic carbocycles. The van der Waals surface area contributed by atoms with Gasteiger partial charge in [-0.25, -0.2) is 9.59 Å². The molecule has 6 heteroatoms. The number of rotatable bonds is 2. The Kier molecular flexibility index (Phi) is 2.05. The van der Waals surface area contributed by atoms with Gasteiger partial charge in [-0.15, -0.1) is 0 Å². The van der Waals surface area contributed by atoms with E-state index < -0.39 is 24.1 Å². The molecule has 6 nitrogen and oxygen atoms in total. The minimum absolute atomic E-state index is 0.0333. The first kappa shape index (κ1) is 11.2. The van der Waals surface area contributed by atoms with Crippen molar-refractivity contribution in [3.8, 4) is 0 Å². The van der Waals surface area contributed by atoms with Gasteiger partial charge in [0, 0.05) is 12.8 Å². The van der Waals surface area contributed by atoms with Gasteiger partial charge in [0.05, 0.1) is 23.3 Å². The Morgan fingerprint density at radius 2 is 1.17 bits per heavy atom. The first-order valence-electron chi connectivity index (χ1n) is 5.47. The van der Waals surface area contributed by atoms with Gasteiger partial charge in [-0.3, -0.25) is 0 Å². The fourth-order valence-corrected chi connectivity index (χ4v) is 2.87. The molecule has 2 aliphatic rings. The third-order valence-corrected chi connectivity index (χ3v) is 3.68. The second kappa shape index (κ2) is 3.30. The maximum absolute atomic E-state index is 11.2. The van der Waals surface area contributed by atoms with Crippen LogP contribution < -0.4 is 0 Å². The largest absolute Gasteiger partial charge is 0.478 e. The topological polar surface area (TPSA) is 115 Å². The average Bonchev–Trinajstić information content (AvgIpc) is 2.26. The third-order valence-electron chi connectivity index (χ3n) is 3.68. The molecule has 0 saturated carbocycles. The summed E-state index contributed by atoms with van der Waals surface area (Å²) in [5.41, 5.74) is 1.01. The summed E-state index contributed by atoms with van der Waals surface area (Å²) in [7, 11) is 0. The van der Waals surface area contributed by atoms with E-state index >= 15 is 0 Å². The number of aliphatic hydroxyl groups excluding tert-OH is 2. The number of aliphatic hydroxyl groups is 2. The molecular formula is C12H10O6. The maximum atomic E-state index is 11.2. The third kappa shape index (κ3) is 1.13. The molecule has 2 aliphatic carbocycles. The van der Waals surface area contributed by atoms with Crippen LogP contribution in [0.15, 0.2) is 0 Å². The van der Waals surface area contributed by atoms with Crippen LogP contribution in [0.5, 0.6) is 0 Å². The van der Waals surface area contributed by atoms with E-state index in [0.29, 0.717) is 11.1 Å². The van der Waals surface area contributed by atoms with Gasteiger partial charge in [0.2, 0.25) is 0 Å². The van der Waals surface area contributed by atoms with Crippen LogP contribution in [0.3, 0.4) is 0 Å². The molecule has 4 N–H and O–H groups in total. The van der Waals surface area contributed by atoms with Crippen LogP contribution in [0.4, 0.5) is 0 Å². The second-order valence-electron chi connectivity index (χ2n) is 4.58. The lowest BCUT2D eigenvalue weighted by atomic mass is 9.68. The SMILES string of the molecule is O=C(O)c1c2c(c(C(=O)O)c3c1C(O)C3)C(O)C2. The van der Waals surface area contributed by atoms with Crippen LogP contribution in [0, 0.1) is 0 Å². The van der Waals surface area contributed by atoms with E-state index in [2.05, 4.69) is 0 Å². The van der Waals surface area contributed by atoms with Crippen molar-refractivity contribution in [3.05, 3.63) is 33.4 Å². The van der Waals surface area contributed by atoms with E-state index in [-0.39, 0.29) is 35.1 Å². The number of hydrogen-bond donors (Lipinski definition) is 4. The fourth-order valence-electron chi connectivity index (χ4n) is 2.87. The average molecular weight is 250 g/mol. The predicted molar refractivity (Wildman–Crippen MR) is 57.7 cm³/mol. The molecule has 18 heavy (non-hydrogen) atoms. The van der Waals surface area contributed by atoms with Crippen LogP contribution in [-0.4, -0.2) is 32.4 Å². The molecule has 0 amide bonds. The Labute approximate surface area is 101 Å². The van der Waals surface area contributed by atoms with E-state index in [1.165, 1.54) is 0 Å². The molecule has 0 aromatic heterocycles. The summed E-state index contributed by atoms with van der Waals surface area (Å²) in [4.78, 5) is 22.4. The first-order chi connectivity index (χ1) is 8.43. The lowest BCUT2D eigenvalue weighted by Crippen LogP contribution is -2.34. The molecule has 0 saturated heterocycles. The minimum atomic E-state index is -1.19. The Bertz CT molecular complexity index is 550. The van der Waals surface area contributed by atoms with Crippen LogP contribution in [0.25, 0.3) is 0 Å². The van der Waals surface area contributed by atoms with Crippen LogP contribution in [0.1, 0.15) is 55.2 Å². The van der Waals surface area contributed by atoms with E-state index in [0.717, 1.165) is 0 Å². The second-order valence-corrected chi connectivity index (χ2v) is 4.58. The monoisotopic (exact) mass is 250 g/mol. The highest BCUT2D eigenvalue weighted by Crippen LogP contribution is 2.48. The molecule has 0 radical (unpaired) electrons. The Hall–Kier alpha value is -1.92. The number of carbonyl (C=O) groups is 2. The predicted octanol–water partition coefficient (Wildman–Crippen LogP) is 0.262. The van der Waals surface area contributed by atoms with Crippen molar-refractivity contribution in [1.82, 2.24) is 0 Å². The molecule has 1 aromatic rings. The zero-order valence-electron chi connectivity index (χ0n) is 9.17. The molecule has 0 heterocycles. The van der Waals surface area contributed by atoms with Crippen molar-refractivity contribution >= 4 is 11.9 Å². The van der Waals surface area contributed by atoms with Gasteiger partial charge in [0.15, 0.2) is 0 Å².